The third-order valence-electron chi connectivity index (χ3n) is 3.99. The van der Waals surface area contributed by atoms with Gasteiger partial charge in [0.05, 0.1) is 28.7 Å². The summed E-state index contributed by atoms with van der Waals surface area (Å²) in [7, 11) is 0. The van der Waals surface area contributed by atoms with Gasteiger partial charge in [0.25, 0.3) is 5.91 Å². The van der Waals surface area contributed by atoms with E-state index in [1.54, 1.807) is 12.3 Å². The Hall–Kier alpha value is -2.28. The maximum absolute atomic E-state index is 13.1. The van der Waals surface area contributed by atoms with Gasteiger partial charge in [-0.05, 0) is 37.1 Å². The van der Waals surface area contributed by atoms with E-state index in [1.807, 2.05) is 0 Å². The Morgan fingerprint density at radius 2 is 1.88 bits per heavy atom. The first-order valence-corrected chi connectivity index (χ1v) is 8.10. The molecule has 0 spiro atoms. The first kappa shape index (κ1) is 17.5. The normalized spacial score (nSPS) is 14.6. The van der Waals surface area contributed by atoms with E-state index in [0.717, 1.165) is 43.8 Å². The van der Waals surface area contributed by atoms with Gasteiger partial charge in [0, 0.05) is 24.3 Å². The van der Waals surface area contributed by atoms with Crippen molar-refractivity contribution in [2.24, 2.45) is 0 Å². The van der Waals surface area contributed by atoms with Crippen LogP contribution >= 0.6 is 11.6 Å². The van der Waals surface area contributed by atoms with Gasteiger partial charge in [0.2, 0.25) is 0 Å². The summed E-state index contributed by atoms with van der Waals surface area (Å²) in [6.45, 7) is 1.75. The average Bonchev–Trinajstić information content (AvgIpc) is 3.10. The Morgan fingerprint density at radius 1 is 1.16 bits per heavy atom. The van der Waals surface area contributed by atoms with Crippen LogP contribution in [0, 0.1) is 0 Å². The molecule has 1 aliphatic heterocycles. The lowest BCUT2D eigenvalue weighted by Crippen LogP contribution is -2.20. The third-order valence-corrected chi connectivity index (χ3v) is 4.23. The molecule has 0 radical (unpaired) electrons. The summed E-state index contributed by atoms with van der Waals surface area (Å²) in [5, 5.41) is 2.25. The Balaban J connectivity index is 1.84. The van der Waals surface area contributed by atoms with Crippen molar-refractivity contribution in [2.75, 3.05) is 23.3 Å². The van der Waals surface area contributed by atoms with Crippen LogP contribution in [0.15, 0.2) is 36.7 Å². The molecule has 0 unspecified atom stereocenters. The summed E-state index contributed by atoms with van der Waals surface area (Å²) in [5.74, 6) is -0.652. The highest BCUT2D eigenvalue weighted by molar-refractivity contribution is 6.30. The van der Waals surface area contributed by atoms with Crippen molar-refractivity contribution in [1.82, 2.24) is 4.98 Å². The second-order valence-electron chi connectivity index (χ2n) is 5.77. The molecule has 0 bridgehead atoms. The Labute approximate surface area is 147 Å². The van der Waals surface area contributed by atoms with Gasteiger partial charge in [-0.3, -0.25) is 9.78 Å². The Kier molecular flexibility index (Phi) is 4.85. The van der Waals surface area contributed by atoms with E-state index in [2.05, 4.69) is 15.2 Å². The van der Waals surface area contributed by atoms with Gasteiger partial charge >= 0.3 is 6.18 Å². The molecule has 2 aromatic rings. The van der Waals surface area contributed by atoms with Crippen LogP contribution in [0.1, 0.15) is 28.8 Å². The highest BCUT2D eigenvalue weighted by atomic mass is 35.5. The number of carbonyl (C=O) groups is 1. The maximum atomic E-state index is 13.1. The van der Waals surface area contributed by atoms with Crippen LogP contribution in [0.4, 0.5) is 24.5 Å². The van der Waals surface area contributed by atoms with Crippen molar-refractivity contribution < 1.29 is 18.0 Å². The highest BCUT2D eigenvalue weighted by Crippen LogP contribution is 2.36. The lowest BCUT2D eigenvalue weighted by Gasteiger charge is -2.18. The number of hydrogen-bond acceptors (Lipinski definition) is 3. The molecule has 4 nitrogen and oxygen atoms in total. The number of benzene rings is 1. The van der Waals surface area contributed by atoms with Gasteiger partial charge < -0.3 is 10.2 Å². The number of halogens is 4. The largest absolute Gasteiger partial charge is 0.418 e. The minimum Gasteiger partial charge on any atom is -0.370 e. The van der Waals surface area contributed by atoms with Crippen LogP contribution < -0.4 is 10.2 Å². The van der Waals surface area contributed by atoms with Crippen molar-refractivity contribution in [2.45, 2.75) is 19.0 Å². The highest BCUT2D eigenvalue weighted by Gasteiger charge is 2.34. The molecule has 0 aliphatic carbocycles. The van der Waals surface area contributed by atoms with Crippen molar-refractivity contribution in [3.63, 3.8) is 0 Å². The molecule has 8 heteroatoms. The van der Waals surface area contributed by atoms with E-state index >= 15 is 0 Å². The zero-order valence-corrected chi connectivity index (χ0v) is 13.9. The zero-order chi connectivity index (χ0) is 18.0. The van der Waals surface area contributed by atoms with Crippen molar-refractivity contribution in [3.05, 3.63) is 52.8 Å². The quantitative estimate of drug-likeness (QED) is 0.859. The van der Waals surface area contributed by atoms with Gasteiger partial charge in [-0.25, -0.2) is 0 Å². The van der Waals surface area contributed by atoms with Gasteiger partial charge in [-0.1, -0.05) is 11.6 Å². The van der Waals surface area contributed by atoms with E-state index in [0.29, 0.717) is 0 Å². The first-order valence-electron chi connectivity index (χ1n) is 7.73. The van der Waals surface area contributed by atoms with Crippen LogP contribution in [0.2, 0.25) is 5.02 Å². The number of nitrogens with zero attached hydrogens (tertiary/aromatic N) is 2. The molecule has 1 N–H and O–H groups in total. The summed E-state index contributed by atoms with van der Waals surface area (Å²) in [5.41, 5.74) is -0.338. The topological polar surface area (TPSA) is 45.2 Å². The zero-order valence-electron chi connectivity index (χ0n) is 13.1. The number of amides is 1. The molecular formula is C17H15ClF3N3O. The minimum absolute atomic E-state index is 0.0528. The van der Waals surface area contributed by atoms with E-state index in [9.17, 15) is 18.0 Å². The van der Waals surface area contributed by atoms with Crippen molar-refractivity contribution in [1.29, 1.82) is 0 Å². The van der Waals surface area contributed by atoms with Gasteiger partial charge in [-0.15, -0.1) is 0 Å². The molecule has 0 atom stereocenters. The fourth-order valence-electron chi connectivity index (χ4n) is 2.75. The van der Waals surface area contributed by atoms with Crippen LogP contribution in [-0.4, -0.2) is 24.0 Å². The molecule has 132 valence electrons. The Bertz CT molecular complexity index is 789. The van der Waals surface area contributed by atoms with E-state index in [-0.39, 0.29) is 16.3 Å². The van der Waals surface area contributed by atoms with Gasteiger partial charge in [-0.2, -0.15) is 13.2 Å². The average molecular weight is 370 g/mol. The number of hydrogen-bond donors (Lipinski definition) is 1. The summed E-state index contributed by atoms with van der Waals surface area (Å²) in [6, 6.07) is 4.86. The van der Waals surface area contributed by atoms with Gasteiger partial charge in [0.15, 0.2) is 0 Å². The Morgan fingerprint density at radius 3 is 2.56 bits per heavy atom. The molecule has 1 aromatic heterocycles. The van der Waals surface area contributed by atoms with Crippen LogP contribution in [-0.2, 0) is 6.18 Å². The first-order chi connectivity index (χ1) is 11.8. The van der Waals surface area contributed by atoms with Crippen LogP contribution in [0.25, 0.3) is 0 Å². The van der Waals surface area contributed by atoms with E-state index in [1.165, 1.54) is 12.3 Å². The molecule has 1 aliphatic rings. The summed E-state index contributed by atoms with van der Waals surface area (Å²) in [6.07, 6.45) is 0.485. The lowest BCUT2D eigenvalue weighted by molar-refractivity contribution is -0.136. The number of pyridine rings is 1. The number of aromatic nitrogens is 1. The molecule has 1 saturated heterocycles. The smallest absolute Gasteiger partial charge is 0.370 e. The number of carbonyl (C=O) groups excluding carboxylic acids is 1. The monoisotopic (exact) mass is 369 g/mol. The molecular weight excluding hydrogens is 355 g/mol. The SMILES string of the molecule is O=C(Nc1ccc(Cl)cc1C(F)(F)F)c1cncc(N2CCCC2)c1. The number of anilines is 2. The number of rotatable bonds is 3. The molecule has 0 saturated carbocycles. The molecule has 1 amide bonds. The molecule has 1 fully saturated rings. The fraction of sp³-hybridized carbons (Fsp3) is 0.294. The predicted octanol–water partition coefficient (Wildman–Crippen LogP) is 4.61. The molecule has 3 rings (SSSR count). The summed E-state index contributed by atoms with van der Waals surface area (Å²) >= 11 is 5.64. The predicted molar refractivity (Wildman–Crippen MR) is 90.1 cm³/mol. The van der Waals surface area contributed by atoms with Crippen LogP contribution in [0.3, 0.4) is 0 Å². The minimum atomic E-state index is -4.62. The maximum Gasteiger partial charge on any atom is 0.418 e. The van der Waals surface area contributed by atoms with Crippen molar-refractivity contribution >= 4 is 28.9 Å². The van der Waals surface area contributed by atoms with Crippen LogP contribution in [0.5, 0.6) is 0 Å². The van der Waals surface area contributed by atoms with Crippen molar-refractivity contribution in [3.8, 4) is 0 Å². The molecule has 2 heterocycles. The number of nitrogens with one attached hydrogen (secondary N) is 1. The van der Waals surface area contributed by atoms with E-state index < -0.39 is 17.6 Å². The number of alkyl halides is 3. The summed E-state index contributed by atoms with van der Waals surface area (Å²) in [4.78, 5) is 18.5. The summed E-state index contributed by atoms with van der Waals surface area (Å²) < 4.78 is 39.4. The molecule has 1 aromatic carbocycles. The van der Waals surface area contributed by atoms with E-state index in [4.69, 9.17) is 11.6 Å². The lowest BCUT2D eigenvalue weighted by atomic mass is 10.1. The molecule has 25 heavy (non-hydrogen) atoms. The van der Waals surface area contributed by atoms with Gasteiger partial charge in [0.1, 0.15) is 0 Å². The second-order valence-corrected chi connectivity index (χ2v) is 6.20. The standard InChI is InChI=1S/C17H15ClF3N3O/c18-12-3-4-15(14(8-12)17(19,20)21)23-16(25)11-7-13(10-22-9-11)24-5-1-2-6-24/h3-4,7-10H,1-2,5-6H2,(H,23,25). The third kappa shape index (κ3) is 4.04. The second kappa shape index (κ2) is 6.92. The fourth-order valence-corrected chi connectivity index (χ4v) is 2.93.